The largest absolute Gasteiger partial charge is 0.494 e. The normalized spacial score (nSPS) is 18.0. The Morgan fingerprint density at radius 3 is 1.29 bits per heavy atom. The molecule has 8 aromatic carbocycles. The minimum atomic E-state index is -2.55. The van der Waals surface area contributed by atoms with Crippen molar-refractivity contribution in [2.75, 3.05) is 0 Å². The first kappa shape index (κ1) is 29.4. The zero-order valence-corrected chi connectivity index (χ0v) is 36.3. The molecule has 0 bridgehead atoms. The predicted molar refractivity (Wildman–Crippen MR) is 268 cm³/mol. The molecule has 0 atom stereocenters. The van der Waals surface area contributed by atoms with Crippen LogP contribution in [0.25, 0.3) is 75.9 Å². The molecule has 1 saturated heterocycles. The van der Waals surface area contributed by atoms with Crippen LogP contribution < -0.4 is 5.46 Å². The van der Waals surface area contributed by atoms with E-state index >= 15 is 0 Å². The van der Waals surface area contributed by atoms with E-state index in [1.54, 1.807) is 0 Å². The van der Waals surface area contributed by atoms with Crippen LogP contribution in [0.3, 0.4) is 0 Å². The summed E-state index contributed by atoms with van der Waals surface area (Å²) in [4.78, 5) is 8.06. The number of aryl methyl sites for hydroxylation is 4. The number of aromatic nitrogens is 2. The highest BCUT2D eigenvalue weighted by Crippen LogP contribution is 2.39. The number of hydrogen-bond donors (Lipinski definition) is 0. The monoisotopic (exact) mass is 884 g/mol. The quantitative estimate of drug-likeness (QED) is 0.0985. The van der Waals surface area contributed by atoms with Crippen LogP contribution in [0.4, 0.5) is 0 Å². The summed E-state index contributed by atoms with van der Waals surface area (Å²) in [6, 6.07) is 48.9. The van der Waals surface area contributed by atoms with E-state index in [0.717, 1.165) is 44.2 Å². The summed E-state index contributed by atoms with van der Waals surface area (Å²) in [5, 5.41) is 14.3. The van der Waals surface area contributed by atoms with Crippen molar-refractivity contribution in [2.24, 2.45) is 0 Å². The lowest BCUT2D eigenvalue weighted by Gasteiger charge is -2.32. The highest BCUT2D eigenvalue weighted by molar-refractivity contribution is 9.10. The van der Waals surface area contributed by atoms with Gasteiger partial charge in [0.2, 0.25) is 0 Å². The fourth-order valence-electron chi connectivity index (χ4n) is 8.16. The summed E-state index contributed by atoms with van der Waals surface area (Å²) >= 11 is 3.01. The van der Waals surface area contributed by atoms with Gasteiger partial charge in [-0.25, -0.2) is 4.98 Å². The lowest BCUT2D eigenvalue weighted by Crippen LogP contribution is -2.41. The van der Waals surface area contributed by atoms with Gasteiger partial charge < -0.3 is 9.31 Å². The molecule has 0 aliphatic carbocycles. The van der Waals surface area contributed by atoms with Crippen molar-refractivity contribution in [3.63, 3.8) is 0 Å². The van der Waals surface area contributed by atoms with E-state index in [2.05, 4.69) is 145 Å². The summed E-state index contributed by atoms with van der Waals surface area (Å²) in [6.07, 6.45) is 2.24. The topological polar surface area (TPSA) is 44.2 Å². The number of nitrogens with zero attached hydrogens (tertiary/aromatic N) is 2. The van der Waals surface area contributed by atoms with Gasteiger partial charge in [0.1, 0.15) is 4.60 Å². The maximum absolute atomic E-state index is 7.84. The van der Waals surface area contributed by atoms with Crippen molar-refractivity contribution >= 4 is 93.1 Å². The molecular weight excluding hydrogens is 823 g/mol. The molecule has 62 heavy (non-hydrogen) atoms. The van der Waals surface area contributed by atoms with Crippen LogP contribution in [-0.2, 0) is 9.31 Å². The molecule has 306 valence electrons. The molecule has 0 N–H and O–H groups in total. The number of hydrogen-bond acceptors (Lipinski definition) is 4. The lowest BCUT2D eigenvalue weighted by molar-refractivity contribution is 0.00578. The van der Waals surface area contributed by atoms with Crippen LogP contribution in [-0.4, -0.2) is 28.3 Å². The third kappa shape index (κ3) is 7.66. The summed E-state index contributed by atoms with van der Waals surface area (Å²) in [5.74, 6) is 0. The number of benzene rings is 8. The van der Waals surface area contributed by atoms with Crippen LogP contribution in [0.15, 0.2) is 163 Å². The zero-order chi connectivity index (χ0) is 53.3. The lowest BCUT2D eigenvalue weighted by atomic mass is 9.77. The van der Waals surface area contributed by atoms with Crippen LogP contribution in [0.5, 0.6) is 0 Å². The van der Waals surface area contributed by atoms with E-state index < -0.39 is 27.4 Å². The maximum Gasteiger partial charge on any atom is 0.494 e. The van der Waals surface area contributed by atoms with Gasteiger partial charge >= 0.3 is 7.12 Å². The number of halogens is 1. The average molecular weight is 886 g/mol. The number of rotatable bonds is 2. The molecule has 6 heteroatoms. The minimum Gasteiger partial charge on any atom is -0.399 e. The van der Waals surface area contributed by atoms with Gasteiger partial charge in [0.05, 0.1) is 16.9 Å². The Hall–Kier alpha value is -5.92. The van der Waals surface area contributed by atoms with E-state index in [-0.39, 0.29) is 40.6 Å². The van der Waals surface area contributed by atoms with Crippen molar-refractivity contribution in [1.82, 2.24) is 9.97 Å². The third-order valence-electron chi connectivity index (χ3n) is 12.1. The van der Waals surface area contributed by atoms with Gasteiger partial charge in [-0.15, -0.1) is 0 Å². The van der Waals surface area contributed by atoms with Crippen molar-refractivity contribution in [3.05, 3.63) is 185 Å². The van der Waals surface area contributed by atoms with Gasteiger partial charge in [-0.1, -0.05) is 127 Å². The molecule has 0 saturated carbocycles. The number of fused-ring (bicyclic) bond motifs is 12. The second-order valence-corrected chi connectivity index (χ2v) is 17.3. The standard InChI is InChI=1S/C25H19N.C24H23BO2.C7H8BrN/c1-16-13-25(26-15-17(16)2)18-11-12-23-21-9-4-3-7-19(21)20-8-5-6-10-22(20)24(23)14-18;1-23(2)24(3,4)27-25(26-23)16-13-14-21-19-11-6-5-9-17(19)18-10-7-8-12-20(18)22(21)15-16;1-5-3-7(8)9-4-6(5)2/h3-15H,1-2H3;5-15H,1-4H3;3-4H,1-2H3/i1D3,2D3;;1D3,2D3. The zero-order valence-electron chi connectivity index (χ0n) is 46.7. The minimum absolute atomic E-state index is 0.189. The summed E-state index contributed by atoms with van der Waals surface area (Å²) < 4.78 is 103. The summed E-state index contributed by atoms with van der Waals surface area (Å²) in [7, 11) is -0.343. The van der Waals surface area contributed by atoms with Gasteiger partial charge in [0.25, 0.3) is 0 Å². The van der Waals surface area contributed by atoms with E-state index in [4.69, 9.17) is 25.8 Å². The van der Waals surface area contributed by atoms with Crippen molar-refractivity contribution in [2.45, 2.75) is 66.3 Å². The molecule has 4 nitrogen and oxygen atoms in total. The van der Waals surface area contributed by atoms with Crippen LogP contribution in [0, 0.1) is 27.4 Å². The molecule has 0 spiro atoms. The second kappa shape index (κ2) is 16.4. The highest BCUT2D eigenvalue weighted by Gasteiger charge is 2.51. The maximum atomic E-state index is 7.84. The van der Waals surface area contributed by atoms with Gasteiger partial charge in [0.15, 0.2) is 0 Å². The Bertz CT molecular complexity index is 3710. The molecule has 1 aliphatic heterocycles. The predicted octanol–water partition coefficient (Wildman–Crippen LogP) is 14.7. The average Bonchev–Trinajstić information content (AvgIpc) is 3.58. The number of pyridine rings is 2. The van der Waals surface area contributed by atoms with E-state index in [0.29, 0.717) is 10.3 Å². The summed E-state index contributed by atoms with van der Waals surface area (Å²) in [5.41, 5.74) is 0.723. The van der Waals surface area contributed by atoms with Gasteiger partial charge in [-0.3, -0.25) is 4.98 Å². The Kier molecular flexibility index (Phi) is 7.78. The van der Waals surface area contributed by atoms with Crippen molar-refractivity contribution in [1.29, 1.82) is 0 Å². The molecule has 0 unspecified atom stereocenters. The van der Waals surface area contributed by atoms with Crippen molar-refractivity contribution in [3.8, 4) is 11.3 Å². The fourth-order valence-corrected chi connectivity index (χ4v) is 8.49. The van der Waals surface area contributed by atoms with E-state index in [1.165, 1.54) is 56.0 Å². The van der Waals surface area contributed by atoms with Gasteiger partial charge in [-0.2, -0.15) is 0 Å². The molecule has 3 heterocycles. The molecular formula is C56H50BBrN2O2. The first-order valence-corrected chi connectivity index (χ1v) is 21.1. The highest BCUT2D eigenvalue weighted by atomic mass is 79.9. The van der Waals surface area contributed by atoms with Crippen LogP contribution >= 0.6 is 15.9 Å². The van der Waals surface area contributed by atoms with Crippen LogP contribution in [0.1, 0.15) is 66.4 Å². The Morgan fingerprint density at radius 1 is 0.435 bits per heavy atom. The summed E-state index contributed by atoms with van der Waals surface area (Å²) in [6.45, 7) is -1.64. The smallest absolute Gasteiger partial charge is 0.399 e. The molecule has 0 radical (unpaired) electrons. The molecule has 10 aromatic rings. The molecule has 1 aliphatic rings. The Labute approximate surface area is 390 Å². The SMILES string of the molecule is CC1(C)OB(c2ccc3c4ccccc4c4ccccc4c3c2)OC1(C)C.[2H]C([2H])([2H])c1cnc(-c2ccc3c4ccccc4c4ccccc4c3c2)cc1C([2H])([2H])[2H].[2H]C([2H])([2H])c1cnc(Br)cc1C([2H])([2H])[2H]. The second-order valence-electron chi connectivity index (χ2n) is 16.5. The Balaban J connectivity index is 0.000000145. The molecule has 1 fully saturated rings. The molecule has 11 rings (SSSR count). The molecule has 2 aromatic heterocycles. The fraction of sp³-hybridized carbons (Fsp3) is 0.179. The van der Waals surface area contributed by atoms with Gasteiger partial charge in [0, 0.05) is 34.4 Å². The van der Waals surface area contributed by atoms with Gasteiger partial charge in [-0.05, 0) is 182 Å². The van der Waals surface area contributed by atoms with E-state index in [1.807, 2.05) is 42.5 Å². The molecule has 0 amide bonds. The van der Waals surface area contributed by atoms with Crippen molar-refractivity contribution < 1.29 is 25.8 Å². The third-order valence-corrected chi connectivity index (χ3v) is 12.5. The van der Waals surface area contributed by atoms with Crippen LogP contribution in [0.2, 0.25) is 0 Å². The van der Waals surface area contributed by atoms with E-state index in [9.17, 15) is 0 Å². The first-order valence-electron chi connectivity index (χ1n) is 26.3. The first-order chi connectivity index (χ1) is 34.6. The Morgan fingerprint density at radius 2 is 0.823 bits per heavy atom.